The van der Waals surface area contributed by atoms with E-state index in [4.69, 9.17) is 56.8 Å². The fraction of sp³-hybridized carbons (Fsp3) is 0.865. The lowest BCUT2D eigenvalue weighted by atomic mass is 9.91. The van der Waals surface area contributed by atoms with Gasteiger partial charge in [0, 0.05) is 24.7 Å². The van der Waals surface area contributed by atoms with Gasteiger partial charge < -0.3 is 56.8 Å². The van der Waals surface area contributed by atoms with E-state index in [9.17, 15) is 19.2 Å². The third kappa shape index (κ3) is 61.1. The Balaban J connectivity index is 2.19. The molecule has 1 aromatic carbocycles. The first-order chi connectivity index (χ1) is 44.5. The largest absolute Gasteiger partial charge is 0.463 e. The van der Waals surface area contributed by atoms with Crippen molar-refractivity contribution in [3.63, 3.8) is 0 Å². The van der Waals surface area contributed by atoms with Gasteiger partial charge in [-0.2, -0.15) is 0 Å². The van der Waals surface area contributed by atoms with Gasteiger partial charge in [0.1, 0.15) is 32.5 Å². The fourth-order valence-corrected chi connectivity index (χ4v) is 12.3. The zero-order chi connectivity index (χ0) is 67.3. The molecule has 92 heavy (non-hydrogen) atoms. The Kier molecular flexibility index (Phi) is 60.1. The Labute approximate surface area is 568 Å². The van der Waals surface area contributed by atoms with Crippen LogP contribution >= 0.6 is 21.6 Å². The highest BCUT2D eigenvalue weighted by Gasteiger charge is 2.18. The molecule has 1 rings (SSSR count). The zero-order valence-corrected chi connectivity index (χ0v) is 61.4. The maximum Gasteiger partial charge on any atom is 0.306 e. The Morgan fingerprint density at radius 1 is 0.315 bits per heavy atom. The monoisotopic (exact) mass is 1340 g/mol. The van der Waals surface area contributed by atoms with Crippen LogP contribution in [-0.4, -0.2) is 161 Å². The molecule has 7 atom stereocenters. The van der Waals surface area contributed by atoms with Crippen LogP contribution in [-0.2, 0) is 81.8 Å². The summed E-state index contributed by atoms with van der Waals surface area (Å²) in [5.41, 5.74) is 1.32. The highest BCUT2D eigenvalue weighted by molar-refractivity contribution is 8.76. The molecule has 0 fully saturated rings. The van der Waals surface area contributed by atoms with E-state index >= 15 is 0 Å². The van der Waals surface area contributed by atoms with Crippen molar-refractivity contribution in [1.82, 2.24) is 0 Å². The summed E-state index contributed by atoms with van der Waals surface area (Å²) in [4.78, 5) is 49.3. The van der Waals surface area contributed by atoms with E-state index in [0.717, 1.165) is 59.9 Å². The lowest BCUT2D eigenvalue weighted by Crippen LogP contribution is -2.28. The third-order valence-electron chi connectivity index (χ3n) is 16.5. The molecular weight excluding hydrogens is 1210 g/mol. The number of ether oxygens (including phenoxy) is 12. The number of esters is 4. The first kappa shape index (κ1) is 87.5. The van der Waals surface area contributed by atoms with Crippen molar-refractivity contribution in [2.75, 3.05) is 131 Å². The number of hydrogen-bond acceptors (Lipinski definition) is 18. The Bertz CT molecular complexity index is 1830. The maximum atomic E-state index is 12.8. The summed E-state index contributed by atoms with van der Waals surface area (Å²) in [6.07, 6.45) is 24.7. The van der Waals surface area contributed by atoms with Crippen molar-refractivity contribution in [1.29, 1.82) is 0 Å². The number of hydrogen-bond donors (Lipinski definition) is 0. The van der Waals surface area contributed by atoms with Gasteiger partial charge in [-0.05, 0) is 65.7 Å². The summed E-state index contributed by atoms with van der Waals surface area (Å²) < 4.78 is 66.7. The second kappa shape index (κ2) is 63.2. The summed E-state index contributed by atoms with van der Waals surface area (Å²) in [6.45, 7) is 29.7. The van der Waals surface area contributed by atoms with E-state index in [1.807, 2.05) is 16.9 Å². The lowest BCUT2D eigenvalue weighted by Gasteiger charge is -2.21. The minimum absolute atomic E-state index is 0.0491. The molecule has 0 amide bonds. The molecule has 0 saturated carbocycles. The van der Waals surface area contributed by atoms with Crippen LogP contribution in [0.15, 0.2) is 30.3 Å². The van der Waals surface area contributed by atoms with Gasteiger partial charge in [-0.15, -0.1) is 0 Å². The molecule has 0 aliphatic heterocycles. The van der Waals surface area contributed by atoms with E-state index in [-0.39, 0.29) is 84.6 Å². The van der Waals surface area contributed by atoms with Crippen LogP contribution in [0, 0.1) is 47.3 Å². The van der Waals surface area contributed by atoms with Crippen molar-refractivity contribution in [2.45, 2.75) is 235 Å². The lowest BCUT2D eigenvalue weighted by molar-refractivity contribution is -0.154. The summed E-state index contributed by atoms with van der Waals surface area (Å²) >= 11 is 0. The summed E-state index contributed by atoms with van der Waals surface area (Å²) in [5, 5.41) is 0. The molecule has 538 valence electrons. The van der Waals surface area contributed by atoms with E-state index < -0.39 is 23.9 Å². The van der Waals surface area contributed by atoms with Gasteiger partial charge in [0.15, 0.2) is 0 Å². The molecule has 0 heterocycles. The molecule has 16 nitrogen and oxygen atoms in total. The second-order valence-electron chi connectivity index (χ2n) is 26.7. The number of benzene rings is 1. The third-order valence-corrected chi connectivity index (χ3v) is 18.8. The van der Waals surface area contributed by atoms with Crippen LogP contribution in [0.1, 0.15) is 229 Å². The standard InChI is InChI=1S/C74H134O16S2/c1-61(2)20-14-22-63(5)24-16-26-65(7)28-18-30-67(9)38-40-85-58-70(86-41-39-68(10)31-19-29-66(8)27-17-25-64(6)23-15-21-62(3)4)59-90-74(78)37-36-73(77)89-55-52-82-46-43-79-42-45-81-50-53-87-71(75)34-35-72(76)88-54-51-83-47-44-80-48-49-84-56-57-91-92-60-69-32-12-11-13-33-69/h11-13,32-33,61-68,70H,14-31,34-60H2,1-10H3. The highest BCUT2D eigenvalue weighted by Crippen LogP contribution is 2.27. The molecule has 0 aromatic heterocycles. The van der Waals surface area contributed by atoms with Crippen molar-refractivity contribution in [2.24, 2.45) is 47.3 Å². The average Bonchev–Trinajstić information content (AvgIpc) is 3.75. The van der Waals surface area contributed by atoms with Crippen LogP contribution < -0.4 is 0 Å². The summed E-state index contributed by atoms with van der Waals surface area (Å²) in [6, 6.07) is 10.4. The number of carbonyl (C=O) groups excluding carboxylic acids is 4. The molecule has 18 heteroatoms. The zero-order valence-electron chi connectivity index (χ0n) is 59.8. The van der Waals surface area contributed by atoms with Crippen molar-refractivity contribution >= 4 is 45.5 Å². The first-order valence-electron chi connectivity index (χ1n) is 36.1. The molecule has 0 spiro atoms. The highest BCUT2D eigenvalue weighted by atomic mass is 33.1. The maximum absolute atomic E-state index is 12.8. The molecule has 0 radical (unpaired) electrons. The quantitative estimate of drug-likeness (QED) is 0.0260. The van der Waals surface area contributed by atoms with Crippen LogP contribution in [0.5, 0.6) is 0 Å². The predicted octanol–water partition coefficient (Wildman–Crippen LogP) is 16.7. The van der Waals surface area contributed by atoms with Crippen molar-refractivity contribution in [3.05, 3.63) is 35.9 Å². The van der Waals surface area contributed by atoms with E-state index in [1.54, 1.807) is 10.8 Å². The second-order valence-corrected chi connectivity index (χ2v) is 29.3. The summed E-state index contributed by atoms with van der Waals surface area (Å²) in [7, 11) is 3.62. The van der Waals surface area contributed by atoms with Crippen LogP contribution in [0.2, 0.25) is 0 Å². The molecule has 1 aromatic rings. The molecule has 0 N–H and O–H groups in total. The normalized spacial score (nSPS) is 14.0. The van der Waals surface area contributed by atoms with Gasteiger partial charge in [0.2, 0.25) is 0 Å². The van der Waals surface area contributed by atoms with E-state index in [0.29, 0.717) is 84.5 Å². The smallest absolute Gasteiger partial charge is 0.306 e. The molecule has 7 unspecified atom stereocenters. The van der Waals surface area contributed by atoms with E-state index in [1.165, 1.54) is 121 Å². The van der Waals surface area contributed by atoms with Gasteiger partial charge >= 0.3 is 23.9 Å². The molecule has 0 saturated heterocycles. The minimum atomic E-state index is -0.518. The molecule has 0 aliphatic carbocycles. The summed E-state index contributed by atoms with van der Waals surface area (Å²) in [5.74, 6) is 5.81. The average molecular weight is 1340 g/mol. The first-order valence-corrected chi connectivity index (χ1v) is 38.6. The Morgan fingerprint density at radius 3 is 1.00 bits per heavy atom. The molecule has 0 bridgehead atoms. The predicted molar refractivity (Wildman–Crippen MR) is 375 cm³/mol. The molecule has 0 aliphatic rings. The Hall–Kier alpha value is -2.52. The number of rotatable bonds is 68. The minimum Gasteiger partial charge on any atom is -0.463 e. The Morgan fingerprint density at radius 2 is 0.630 bits per heavy atom. The van der Waals surface area contributed by atoms with E-state index in [2.05, 4.69) is 93.5 Å². The molecular formula is C74H134O16S2. The SMILES string of the molecule is CC(C)CCCC(C)CCCC(C)CCCC(C)CCOCC(COC(=O)CCC(=O)OCCOCCOCCOCCOC(=O)CCC(=O)OCCOCCOCCOCCSSCc1ccccc1)OCCC(C)CCCC(C)CCCC(C)CCCC(C)C. The van der Waals surface area contributed by atoms with Crippen molar-refractivity contribution in [3.8, 4) is 0 Å². The van der Waals surface area contributed by atoms with Gasteiger partial charge in [0.25, 0.3) is 0 Å². The van der Waals surface area contributed by atoms with Gasteiger partial charge in [-0.25, -0.2) is 0 Å². The van der Waals surface area contributed by atoms with Crippen LogP contribution in [0.3, 0.4) is 0 Å². The van der Waals surface area contributed by atoms with Crippen LogP contribution in [0.4, 0.5) is 0 Å². The van der Waals surface area contributed by atoms with Gasteiger partial charge in [0.05, 0.1) is 112 Å². The van der Waals surface area contributed by atoms with Crippen molar-refractivity contribution < 1.29 is 76.0 Å². The number of carbonyl (C=O) groups is 4. The van der Waals surface area contributed by atoms with Crippen LogP contribution in [0.25, 0.3) is 0 Å². The fourth-order valence-electron chi connectivity index (χ4n) is 10.4. The van der Waals surface area contributed by atoms with Gasteiger partial charge in [-0.3, -0.25) is 19.2 Å². The van der Waals surface area contributed by atoms with Gasteiger partial charge in [-0.1, -0.05) is 237 Å². The topological polar surface area (TPSA) is 179 Å².